The number of allylic oxidation sites excluding steroid dienone is 1. The van der Waals surface area contributed by atoms with Gasteiger partial charge in [-0.05, 0) is 32.1 Å². The van der Waals surface area contributed by atoms with Crippen molar-refractivity contribution in [2.45, 2.75) is 39.0 Å². The summed E-state index contributed by atoms with van der Waals surface area (Å²) in [4.78, 5) is 16.2. The van der Waals surface area contributed by atoms with Gasteiger partial charge in [0, 0.05) is 11.5 Å². The second-order valence-corrected chi connectivity index (χ2v) is 6.96. The Morgan fingerprint density at radius 3 is 2.90 bits per heavy atom. The normalized spacial score (nSPS) is 23.1. The van der Waals surface area contributed by atoms with Gasteiger partial charge in [0.25, 0.3) is 0 Å². The number of carbonyl (C=O) groups excluding carboxylic acids is 1. The van der Waals surface area contributed by atoms with Gasteiger partial charge in [0.15, 0.2) is 0 Å². The first-order valence-corrected chi connectivity index (χ1v) is 8.12. The van der Waals surface area contributed by atoms with Gasteiger partial charge in [-0.15, -0.1) is 11.3 Å². The van der Waals surface area contributed by atoms with E-state index in [0.717, 1.165) is 35.2 Å². The summed E-state index contributed by atoms with van der Waals surface area (Å²) < 4.78 is 1.23. The molecule has 2 aliphatic rings. The Morgan fingerprint density at radius 1 is 1.45 bits per heavy atom. The summed E-state index contributed by atoms with van der Waals surface area (Å²) in [6, 6.07) is 0. The van der Waals surface area contributed by atoms with Crippen LogP contribution < -0.4 is 15.6 Å². The van der Waals surface area contributed by atoms with E-state index in [2.05, 4.69) is 23.2 Å². The molecule has 4 heteroatoms. The van der Waals surface area contributed by atoms with Crippen molar-refractivity contribution in [3.8, 4) is 0 Å². The van der Waals surface area contributed by atoms with Crippen LogP contribution in [0, 0.1) is 18.8 Å². The van der Waals surface area contributed by atoms with E-state index < -0.39 is 0 Å². The third-order valence-corrected chi connectivity index (χ3v) is 5.16. The molecule has 0 radical (unpaired) electrons. The highest BCUT2D eigenvalue weighted by atomic mass is 32.1. The van der Waals surface area contributed by atoms with Gasteiger partial charge < -0.3 is 5.73 Å². The van der Waals surface area contributed by atoms with Crippen LogP contribution in [0.2, 0.25) is 0 Å². The minimum atomic E-state index is -0.239. The van der Waals surface area contributed by atoms with Crippen LogP contribution in [0.1, 0.15) is 37.1 Å². The number of fused-ring (bicyclic) bond motifs is 1. The summed E-state index contributed by atoms with van der Waals surface area (Å²) in [5, 5.41) is 2.19. The monoisotopic (exact) mass is 288 g/mol. The predicted octanol–water partition coefficient (Wildman–Crippen LogP) is 1.63. The summed E-state index contributed by atoms with van der Waals surface area (Å²) in [6.45, 7) is 2.03. The Hall–Kier alpha value is -1.42. The number of thiazole rings is 1. The highest BCUT2D eigenvalue weighted by molar-refractivity contribution is 7.09. The van der Waals surface area contributed by atoms with Crippen molar-refractivity contribution < 1.29 is 4.79 Å². The highest BCUT2D eigenvalue weighted by Gasteiger charge is 2.23. The number of hydrogen-bond acceptors (Lipinski definition) is 3. The molecule has 1 atom stereocenters. The molecule has 1 fully saturated rings. The molecular weight excluding hydrogens is 268 g/mol. The molecule has 2 N–H and O–H groups in total. The van der Waals surface area contributed by atoms with E-state index in [4.69, 9.17) is 5.73 Å². The zero-order valence-electron chi connectivity index (χ0n) is 11.8. The molecule has 0 aliphatic heterocycles. The molecule has 1 aromatic rings. The fraction of sp³-hybridized carbons (Fsp3) is 0.500. The van der Waals surface area contributed by atoms with E-state index in [-0.39, 0.29) is 11.8 Å². The molecule has 1 aromatic heterocycles. The molecule has 0 saturated heterocycles. The van der Waals surface area contributed by atoms with Crippen molar-refractivity contribution in [2.75, 3.05) is 0 Å². The lowest BCUT2D eigenvalue weighted by Gasteiger charge is -2.15. The van der Waals surface area contributed by atoms with Gasteiger partial charge in [0.2, 0.25) is 5.91 Å². The average molecular weight is 288 g/mol. The van der Waals surface area contributed by atoms with Gasteiger partial charge in [-0.25, -0.2) is 4.98 Å². The summed E-state index contributed by atoms with van der Waals surface area (Å²) in [5.74, 6) is 0.424. The molecule has 2 aliphatic carbocycles. The fourth-order valence-corrected chi connectivity index (χ4v) is 4.18. The molecule has 0 spiro atoms. The van der Waals surface area contributed by atoms with E-state index >= 15 is 0 Å². The van der Waals surface area contributed by atoms with Crippen LogP contribution in [0.3, 0.4) is 0 Å². The number of amides is 1. The van der Waals surface area contributed by atoms with Crippen LogP contribution in [0.4, 0.5) is 0 Å². The predicted molar refractivity (Wildman–Crippen MR) is 82.4 cm³/mol. The van der Waals surface area contributed by atoms with Crippen LogP contribution in [-0.4, -0.2) is 10.9 Å². The van der Waals surface area contributed by atoms with Gasteiger partial charge in [0.05, 0.1) is 14.9 Å². The quantitative estimate of drug-likeness (QED) is 0.860. The van der Waals surface area contributed by atoms with Crippen molar-refractivity contribution in [3.05, 3.63) is 26.5 Å². The van der Waals surface area contributed by atoms with E-state index in [9.17, 15) is 4.79 Å². The fourth-order valence-electron chi connectivity index (χ4n) is 3.24. The SMILES string of the molecule is Cc1nc2c(s1)=CC(/C=C(/C(N)=O)C1CCCC1)CC=2. The van der Waals surface area contributed by atoms with Gasteiger partial charge in [-0.2, -0.15) is 0 Å². The van der Waals surface area contributed by atoms with Crippen molar-refractivity contribution in [2.24, 2.45) is 17.6 Å². The Kier molecular flexibility index (Phi) is 3.74. The molecule has 3 rings (SSSR count). The van der Waals surface area contributed by atoms with E-state index in [0.29, 0.717) is 5.92 Å². The second-order valence-electron chi connectivity index (χ2n) is 5.72. The molecule has 1 amide bonds. The number of aromatic nitrogens is 1. The summed E-state index contributed by atoms with van der Waals surface area (Å²) in [6.07, 6.45) is 12.1. The zero-order chi connectivity index (χ0) is 14.1. The lowest BCUT2D eigenvalue weighted by atomic mass is 9.91. The lowest BCUT2D eigenvalue weighted by molar-refractivity contribution is -0.115. The number of primary amides is 1. The molecule has 3 nitrogen and oxygen atoms in total. The number of nitrogens with two attached hydrogens (primary N) is 1. The largest absolute Gasteiger partial charge is 0.366 e. The lowest BCUT2D eigenvalue weighted by Crippen LogP contribution is -2.26. The number of aryl methyl sites for hydroxylation is 1. The third kappa shape index (κ3) is 2.70. The summed E-state index contributed by atoms with van der Waals surface area (Å²) in [5.41, 5.74) is 6.44. The summed E-state index contributed by atoms with van der Waals surface area (Å²) in [7, 11) is 0. The second kappa shape index (κ2) is 5.52. The van der Waals surface area contributed by atoms with Crippen LogP contribution in [0.5, 0.6) is 0 Å². The van der Waals surface area contributed by atoms with Crippen molar-refractivity contribution in [3.63, 3.8) is 0 Å². The van der Waals surface area contributed by atoms with Crippen LogP contribution in [-0.2, 0) is 4.79 Å². The van der Waals surface area contributed by atoms with Crippen LogP contribution in [0.25, 0.3) is 12.2 Å². The van der Waals surface area contributed by atoms with Gasteiger partial charge in [-0.3, -0.25) is 4.79 Å². The number of nitrogens with zero attached hydrogens (tertiary/aromatic N) is 1. The molecule has 1 unspecified atom stereocenters. The van der Waals surface area contributed by atoms with Gasteiger partial charge in [0.1, 0.15) is 0 Å². The minimum Gasteiger partial charge on any atom is -0.366 e. The van der Waals surface area contributed by atoms with E-state index in [1.54, 1.807) is 11.3 Å². The Morgan fingerprint density at radius 2 is 2.20 bits per heavy atom. The van der Waals surface area contributed by atoms with Crippen LogP contribution >= 0.6 is 11.3 Å². The molecule has 1 saturated carbocycles. The number of carbonyl (C=O) groups is 1. The first kappa shape index (κ1) is 13.6. The molecule has 20 heavy (non-hydrogen) atoms. The van der Waals surface area contributed by atoms with Crippen molar-refractivity contribution in [1.29, 1.82) is 0 Å². The maximum atomic E-state index is 11.7. The smallest absolute Gasteiger partial charge is 0.244 e. The molecule has 106 valence electrons. The third-order valence-electron chi connectivity index (χ3n) is 4.21. The Bertz CT molecular complexity index is 665. The summed E-state index contributed by atoms with van der Waals surface area (Å²) >= 11 is 1.72. The van der Waals surface area contributed by atoms with Crippen molar-refractivity contribution >= 4 is 29.4 Å². The van der Waals surface area contributed by atoms with Crippen molar-refractivity contribution in [1.82, 2.24) is 4.98 Å². The molecular formula is C16H20N2OS. The average Bonchev–Trinajstić information content (AvgIpc) is 3.02. The molecule has 1 heterocycles. The topological polar surface area (TPSA) is 56.0 Å². The molecule has 0 bridgehead atoms. The highest BCUT2D eigenvalue weighted by Crippen LogP contribution is 2.32. The number of hydrogen-bond donors (Lipinski definition) is 1. The Balaban J connectivity index is 1.90. The zero-order valence-corrected chi connectivity index (χ0v) is 12.6. The van der Waals surface area contributed by atoms with Gasteiger partial charge >= 0.3 is 0 Å². The maximum Gasteiger partial charge on any atom is 0.244 e. The standard InChI is InChI=1S/C16H20N2OS/c1-10-18-14-7-6-11(9-15(14)20-10)8-13(16(17)19)12-4-2-3-5-12/h7-9,11-12H,2-6H2,1H3,(H2,17,19)/b13-8+. The first-order chi connectivity index (χ1) is 9.63. The maximum absolute atomic E-state index is 11.7. The van der Waals surface area contributed by atoms with Gasteiger partial charge in [-0.1, -0.05) is 31.1 Å². The first-order valence-electron chi connectivity index (χ1n) is 7.30. The van der Waals surface area contributed by atoms with E-state index in [1.807, 2.05) is 6.92 Å². The molecule has 0 aromatic carbocycles. The van der Waals surface area contributed by atoms with E-state index in [1.165, 1.54) is 17.4 Å². The Labute approximate surface area is 122 Å². The minimum absolute atomic E-state index is 0.239. The van der Waals surface area contributed by atoms with Crippen LogP contribution in [0.15, 0.2) is 11.6 Å². The number of rotatable bonds is 3.